The molecule has 18 heavy (non-hydrogen) atoms. The molecule has 0 spiro atoms. The number of ether oxygens (including phenoxy) is 1. The van der Waals surface area contributed by atoms with Gasteiger partial charge in [-0.05, 0) is 22.6 Å². The van der Waals surface area contributed by atoms with Crippen molar-refractivity contribution in [3.05, 3.63) is 27.5 Å². The van der Waals surface area contributed by atoms with E-state index in [1.165, 1.54) is 7.11 Å². The van der Waals surface area contributed by atoms with Crippen LogP contribution in [0.4, 0.5) is 5.69 Å². The van der Waals surface area contributed by atoms with Gasteiger partial charge in [-0.15, -0.1) is 0 Å². The number of carbonyl (C=O) groups is 1. The molecule has 0 aliphatic rings. The normalized spacial score (nSPS) is 11.8. The van der Waals surface area contributed by atoms with E-state index in [2.05, 4.69) is 54.8 Å². The minimum atomic E-state index is -0.331. The fourth-order valence-corrected chi connectivity index (χ4v) is 2.78. The van der Waals surface area contributed by atoms with Crippen molar-refractivity contribution in [2.75, 3.05) is 28.3 Å². The van der Waals surface area contributed by atoms with Crippen molar-refractivity contribution < 1.29 is 9.53 Å². The highest BCUT2D eigenvalue weighted by Crippen LogP contribution is 2.32. The van der Waals surface area contributed by atoms with Gasteiger partial charge in [-0.3, -0.25) is 4.48 Å². The van der Waals surface area contributed by atoms with E-state index in [9.17, 15) is 4.79 Å². The SMILES string of the molecule is COC(=O)c1[nH]c2c([N+](C)(C)C)cccc2c1I. The highest BCUT2D eigenvalue weighted by molar-refractivity contribution is 14.1. The van der Waals surface area contributed by atoms with Gasteiger partial charge >= 0.3 is 5.97 Å². The second-order valence-electron chi connectivity index (χ2n) is 5.02. The van der Waals surface area contributed by atoms with Gasteiger partial charge in [0, 0.05) is 11.5 Å². The van der Waals surface area contributed by atoms with Crippen LogP contribution in [0, 0.1) is 3.57 Å². The Morgan fingerprint density at radius 1 is 1.33 bits per heavy atom. The number of hydrogen-bond acceptors (Lipinski definition) is 2. The van der Waals surface area contributed by atoms with Crippen LogP contribution in [0.1, 0.15) is 10.5 Å². The zero-order chi connectivity index (χ0) is 13.5. The van der Waals surface area contributed by atoms with E-state index in [0.717, 1.165) is 20.2 Å². The van der Waals surface area contributed by atoms with Gasteiger partial charge in [0.05, 0.1) is 31.8 Å². The molecule has 0 unspecified atom stereocenters. The molecule has 4 nitrogen and oxygen atoms in total. The number of benzene rings is 1. The van der Waals surface area contributed by atoms with E-state index in [1.807, 2.05) is 12.1 Å². The number of esters is 1. The molecule has 1 N–H and O–H groups in total. The molecule has 5 heteroatoms. The zero-order valence-corrected chi connectivity index (χ0v) is 13.0. The molecule has 0 saturated carbocycles. The van der Waals surface area contributed by atoms with E-state index in [1.54, 1.807) is 0 Å². The lowest BCUT2D eigenvalue weighted by Crippen LogP contribution is -2.34. The van der Waals surface area contributed by atoms with Crippen LogP contribution in [-0.2, 0) is 4.74 Å². The zero-order valence-electron chi connectivity index (χ0n) is 10.9. The van der Waals surface area contributed by atoms with E-state index < -0.39 is 0 Å². The first kappa shape index (κ1) is 13.4. The van der Waals surface area contributed by atoms with Gasteiger partial charge in [-0.25, -0.2) is 4.79 Å². The lowest BCUT2D eigenvalue weighted by Gasteiger charge is -2.23. The van der Waals surface area contributed by atoms with Crippen molar-refractivity contribution in [2.45, 2.75) is 0 Å². The molecule has 1 aromatic heterocycles. The first-order valence-electron chi connectivity index (χ1n) is 5.56. The average Bonchev–Trinajstić information content (AvgIpc) is 2.65. The fourth-order valence-electron chi connectivity index (χ4n) is 1.97. The standard InChI is InChI=1S/C13H15IN2O2/c1-16(2,3)9-7-5-6-8-10(14)12(13(17)18-4)15-11(8)9/h5-7H,1-4H3/p+1. The van der Waals surface area contributed by atoms with Crippen LogP contribution in [0.25, 0.3) is 10.9 Å². The molecular weight excluding hydrogens is 343 g/mol. The van der Waals surface area contributed by atoms with Crippen LogP contribution < -0.4 is 4.48 Å². The molecule has 0 fully saturated rings. The first-order valence-corrected chi connectivity index (χ1v) is 6.64. The third-order valence-corrected chi connectivity index (χ3v) is 3.98. The predicted octanol–water partition coefficient (Wildman–Crippen LogP) is 2.76. The van der Waals surface area contributed by atoms with E-state index >= 15 is 0 Å². The summed E-state index contributed by atoms with van der Waals surface area (Å²) >= 11 is 2.18. The molecule has 0 amide bonds. The number of H-pyrrole nitrogens is 1. The average molecular weight is 359 g/mol. The van der Waals surface area contributed by atoms with Crippen molar-refractivity contribution in [1.82, 2.24) is 9.47 Å². The Morgan fingerprint density at radius 2 is 2.00 bits per heavy atom. The Bertz CT molecular complexity index is 611. The molecule has 0 saturated heterocycles. The van der Waals surface area contributed by atoms with Crippen LogP contribution in [0.3, 0.4) is 0 Å². The summed E-state index contributed by atoms with van der Waals surface area (Å²) in [5.74, 6) is -0.331. The molecular formula is C13H16IN2O2+. The number of aromatic nitrogens is 1. The number of fused-ring (bicyclic) bond motifs is 1. The largest absolute Gasteiger partial charge is 0.464 e. The minimum Gasteiger partial charge on any atom is -0.464 e. The summed E-state index contributed by atoms with van der Waals surface area (Å²) in [6.45, 7) is 0. The van der Waals surface area contributed by atoms with Crippen LogP contribution >= 0.6 is 22.6 Å². The summed E-state index contributed by atoms with van der Waals surface area (Å²) in [7, 11) is 7.69. The third-order valence-electron chi connectivity index (χ3n) is 2.86. The fraction of sp³-hybridized carbons (Fsp3) is 0.308. The highest BCUT2D eigenvalue weighted by atomic mass is 127. The van der Waals surface area contributed by atoms with Gasteiger partial charge in [0.15, 0.2) is 5.69 Å². The van der Waals surface area contributed by atoms with E-state index in [-0.39, 0.29) is 5.97 Å². The van der Waals surface area contributed by atoms with Crippen molar-refractivity contribution in [3.63, 3.8) is 0 Å². The van der Waals surface area contributed by atoms with Crippen molar-refractivity contribution in [1.29, 1.82) is 0 Å². The second-order valence-corrected chi connectivity index (χ2v) is 6.10. The maximum absolute atomic E-state index is 11.7. The number of nitrogens with zero attached hydrogens (tertiary/aromatic N) is 1. The maximum atomic E-state index is 11.7. The Labute approximate surface area is 120 Å². The summed E-state index contributed by atoms with van der Waals surface area (Å²) < 4.78 is 6.39. The third kappa shape index (κ3) is 2.12. The lowest BCUT2D eigenvalue weighted by molar-refractivity contribution is 0.0594. The highest BCUT2D eigenvalue weighted by Gasteiger charge is 2.23. The summed E-state index contributed by atoms with van der Waals surface area (Å²) in [4.78, 5) is 14.9. The number of nitrogens with one attached hydrogen (secondary N) is 1. The molecule has 2 aromatic rings. The minimum absolute atomic E-state index is 0.331. The monoisotopic (exact) mass is 359 g/mol. The summed E-state index contributed by atoms with van der Waals surface area (Å²) in [5, 5.41) is 1.06. The molecule has 96 valence electrons. The molecule has 0 radical (unpaired) electrons. The van der Waals surface area contributed by atoms with Crippen LogP contribution in [0.5, 0.6) is 0 Å². The van der Waals surface area contributed by atoms with E-state index in [4.69, 9.17) is 4.74 Å². The Hall–Kier alpha value is -1.08. The van der Waals surface area contributed by atoms with Gasteiger partial charge in [0.1, 0.15) is 11.2 Å². The summed E-state index contributed by atoms with van der Waals surface area (Å²) in [6, 6.07) is 6.09. The van der Waals surface area contributed by atoms with Crippen LogP contribution in [-0.4, -0.2) is 39.2 Å². The topological polar surface area (TPSA) is 42.1 Å². The molecule has 0 bridgehead atoms. The van der Waals surface area contributed by atoms with Crippen molar-refractivity contribution in [3.8, 4) is 0 Å². The molecule has 2 rings (SSSR count). The van der Waals surface area contributed by atoms with Gasteiger partial charge in [-0.2, -0.15) is 0 Å². The quantitative estimate of drug-likeness (QED) is 0.509. The lowest BCUT2D eigenvalue weighted by atomic mass is 10.2. The van der Waals surface area contributed by atoms with Gasteiger partial charge in [0.2, 0.25) is 0 Å². The number of quaternary nitrogens is 1. The number of methoxy groups -OCH3 is 1. The van der Waals surface area contributed by atoms with Crippen molar-refractivity contribution >= 4 is 45.2 Å². The smallest absolute Gasteiger partial charge is 0.355 e. The number of hydrogen-bond donors (Lipinski definition) is 1. The van der Waals surface area contributed by atoms with Gasteiger partial charge in [-0.1, -0.05) is 12.1 Å². The first-order chi connectivity index (χ1) is 8.36. The summed E-state index contributed by atoms with van der Waals surface area (Å²) in [6.07, 6.45) is 0. The Balaban J connectivity index is 2.76. The predicted molar refractivity (Wildman–Crippen MR) is 81.9 cm³/mol. The summed E-state index contributed by atoms with van der Waals surface area (Å²) in [5.41, 5.74) is 2.66. The number of para-hydroxylation sites is 1. The molecule has 0 aliphatic heterocycles. The van der Waals surface area contributed by atoms with E-state index in [0.29, 0.717) is 10.2 Å². The Kier molecular flexibility index (Phi) is 3.37. The molecule has 1 aromatic carbocycles. The number of rotatable bonds is 2. The van der Waals surface area contributed by atoms with Crippen LogP contribution in [0.2, 0.25) is 0 Å². The molecule has 0 atom stereocenters. The number of halogens is 1. The van der Waals surface area contributed by atoms with Gasteiger partial charge < -0.3 is 9.72 Å². The maximum Gasteiger partial charge on any atom is 0.355 e. The number of carbonyl (C=O) groups excluding carboxylic acids is 1. The Morgan fingerprint density at radius 3 is 2.56 bits per heavy atom. The second kappa shape index (κ2) is 4.55. The number of aromatic amines is 1. The van der Waals surface area contributed by atoms with Crippen molar-refractivity contribution in [2.24, 2.45) is 0 Å². The molecule has 0 aliphatic carbocycles. The van der Waals surface area contributed by atoms with Crippen LogP contribution in [0.15, 0.2) is 18.2 Å². The molecule has 1 heterocycles. The van der Waals surface area contributed by atoms with Gasteiger partial charge in [0.25, 0.3) is 0 Å².